The molecule has 4 aromatic rings. The zero-order valence-electron chi connectivity index (χ0n) is 15.9. The van der Waals surface area contributed by atoms with Crippen molar-refractivity contribution in [1.29, 1.82) is 0 Å². The number of fused-ring (bicyclic) bond motifs is 3. The molecule has 28 heavy (non-hydrogen) atoms. The molecule has 3 heterocycles. The Balaban J connectivity index is 1.73. The van der Waals surface area contributed by atoms with Gasteiger partial charge in [-0.1, -0.05) is 24.3 Å². The molecule has 0 fully saturated rings. The first-order valence-corrected chi connectivity index (χ1v) is 10.6. The van der Waals surface area contributed by atoms with Crippen LogP contribution in [0.2, 0.25) is 0 Å². The van der Waals surface area contributed by atoms with Crippen LogP contribution in [0, 0.1) is 0 Å². The standard InChI is InChI=1S/C23H22N4S/c1-16(19-12-7-8-14-24-19)27(17-9-3-2-4-10-17)22-21-18-11-5-6-13-20(18)28-23(21)26-15-25-22/h2-4,7-10,12,14-16H,5-6,11,13H2,1H3. The first-order chi connectivity index (χ1) is 13.8. The smallest absolute Gasteiger partial charge is 0.146 e. The zero-order chi connectivity index (χ0) is 18.9. The number of hydrogen-bond donors (Lipinski definition) is 0. The van der Waals surface area contributed by atoms with Crippen LogP contribution in [-0.4, -0.2) is 15.0 Å². The molecule has 0 aliphatic heterocycles. The Bertz CT molecular complexity index is 1090. The summed E-state index contributed by atoms with van der Waals surface area (Å²) in [7, 11) is 0. The lowest BCUT2D eigenvalue weighted by Gasteiger charge is -2.31. The summed E-state index contributed by atoms with van der Waals surface area (Å²) in [4.78, 5) is 19.0. The molecule has 1 atom stereocenters. The number of aromatic nitrogens is 3. The summed E-state index contributed by atoms with van der Waals surface area (Å²) in [5.74, 6) is 0.994. The van der Waals surface area contributed by atoms with Gasteiger partial charge in [0, 0.05) is 16.8 Å². The lowest BCUT2D eigenvalue weighted by Crippen LogP contribution is -2.23. The molecule has 3 aromatic heterocycles. The van der Waals surface area contributed by atoms with E-state index in [2.05, 4.69) is 58.2 Å². The lowest BCUT2D eigenvalue weighted by molar-refractivity contribution is 0.699. The Morgan fingerprint density at radius 1 is 0.929 bits per heavy atom. The van der Waals surface area contributed by atoms with Gasteiger partial charge in [-0.15, -0.1) is 11.3 Å². The van der Waals surface area contributed by atoms with Gasteiger partial charge in [0.1, 0.15) is 17.0 Å². The van der Waals surface area contributed by atoms with Crippen molar-refractivity contribution in [3.63, 3.8) is 0 Å². The minimum Gasteiger partial charge on any atom is -0.317 e. The van der Waals surface area contributed by atoms with Crippen LogP contribution in [0.1, 0.15) is 41.9 Å². The number of benzene rings is 1. The second kappa shape index (κ2) is 7.32. The molecule has 0 saturated heterocycles. The molecule has 0 bridgehead atoms. The molecule has 1 aromatic carbocycles. The van der Waals surface area contributed by atoms with Crippen LogP contribution < -0.4 is 4.90 Å². The van der Waals surface area contributed by atoms with E-state index in [4.69, 9.17) is 4.98 Å². The minimum atomic E-state index is 0.0563. The summed E-state index contributed by atoms with van der Waals surface area (Å²) in [6.45, 7) is 2.20. The fourth-order valence-electron chi connectivity index (χ4n) is 4.13. The van der Waals surface area contributed by atoms with E-state index in [1.807, 2.05) is 29.7 Å². The highest BCUT2D eigenvalue weighted by atomic mass is 32.1. The first-order valence-electron chi connectivity index (χ1n) is 9.83. The lowest BCUT2D eigenvalue weighted by atomic mass is 9.96. The molecular weight excluding hydrogens is 364 g/mol. The molecule has 0 spiro atoms. The van der Waals surface area contributed by atoms with Crippen molar-refractivity contribution in [2.24, 2.45) is 0 Å². The zero-order valence-corrected chi connectivity index (χ0v) is 16.7. The maximum absolute atomic E-state index is 4.80. The van der Waals surface area contributed by atoms with Gasteiger partial charge in [0.05, 0.1) is 17.1 Å². The highest BCUT2D eigenvalue weighted by molar-refractivity contribution is 7.19. The number of rotatable bonds is 4. The highest BCUT2D eigenvalue weighted by Gasteiger charge is 2.27. The number of pyridine rings is 1. The fourth-order valence-corrected chi connectivity index (χ4v) is 5.35. The summed E-state index contributed by atoms with van der Waals surface area (Å²) < 4.78 is 0. The monoisotopic (exact) mass is 386 g/mol. The van der Waals surface area contributed by atoms with Gasteiger partial charge in [-0.2, -0.15) is 0 Å². The minimum absolute atomic E-state index is 0.0563. The Morgan fingerprint density at radius 3 is 2.57 bits per heavy atom. The average Bonchev–Trinajstić information content (AvgIpc) is 3.15. The van der Waals surface area contributed by atoms with Crippen LogP contribution >= 0.6 is 11.3 Å². The second-order valence-corrected chi connectivity index (χ2v) is 8.31. The molecule has 5 heteroatoms. The molecule has 1 unspecified atom stereocenters. The maximum atomic E-state index is 4.80. The quantitative estimate of drug-likeness (QED) is 0.440. The van der Waals surface area contributed by atoms with Gasteiger partial charge in [-0.05, 0) is 62.4 Å². The van der Waals surface area contributed by atoms with Crippen molar-refractivity contribution in [3.05, 3.63) is 77.2 Å². The Labute approximate surface area is 168 Å². The van der Waals surface area contributed by atoms with Gasteiger partial charge >= 0.3 is 0 Å². The number of para-hydroxylation sites is 1. The van der Waals surface area contributed by atoms with Crippen molar-refractivity contribution in [2.75, 3.05) is 4.90 Å². The van der Waals surface area contributed by atoms with Crippen LogP contribution in [0.4, 0.5) is 11.5 Å². The van der Waals surface area contributed by atoms with Crippen molar-refractivity contribution >= 4 is 33.1 Å². The van der Waals surface area contributed by atoms with E-state index in [1.54, 1.807) is 6.33 Å². The Kier molecular flexibility index (Phi) is 4.53. The predicted molar refractivity (Wildman–Crippen MR) is 115 cm³/mol. The topological polar surface area (TPSA) is 41.9 Å². The van der Waals surface area contributed by atoms with Gasteiger partial charge in [-0.3, -0.25) is 4.98 Å². The van der Waals surface area contributed by atoms with Crippen molar-refractivity contribution in [2.45, 2.75) is 38.6 Å². The molecule has 1 aliphatic carbocycles. The van der Waals surface area contributed by atoms with Crippen LogP contribution in [0.5, 0.6) is 0 Å². The molecule has 0 radical (unpaired) electrons. The van der Waals surface area contributed by atoms with Gasteiger partial charge in [0.15, 0.2) is 0 Å². The normalized spacial score (nSPS) is 14.6. The highest BCUT2D eigenvalue weighted by Crippen LogP contribution is 2.43. The summed E-state index contributed by atoms with van der Waals surface area (Å²) in [5.41, 5.74) is 3.61. The summed E-state index contributed by atoms with van der Waals surface area (Å²) in [6, 6.07) is 16.6. The Hall–Kier alpha value is -2.79. The van der Waals surface area contributed by atoms with E-state index < -0.39 is 0 Å². The third kappa shape index (κ3) is 2.96. The van der Waals surface area contributed by atoms with Gasteiger partial charge in [0.25, 0.3) is 0 Å². The molecule has 1 aliphatic rings. The number of nitrogens with zero attached hydrogens (tertiary/aromatic N) is 4. The van der Waals surface area contributed by atoms with Gasteiger partial charge in [0.2, 0.25) is 0 Å². The first kappa shape index (κ1) is 17.3. The molecular formula is C23H22N4S. The Morgan fingerprint density at radius 2 is 1.75 bits per heavy atom. The summed E-state index contributed by atoms with van der Waals surface area (Å²) >= 11 is 1.84. The second-order valence-electron chi connectivity index (χ2n) is 7.22. The van der Waals surface area contributed by atoms with E-state index in [-0.39, 0.29) is 6.04 Å². The number of aryl methyl sites for hydroxylation is 2. The maximum Gasteiger partial charge on any atom is 0.146 e. The van der Waals surface area contributed by atoms with Crippen LogP contribution in [0.3, 0.4) is 0 Å². The van der Waals surface area contributed by atoms with Crippen LogP contribution in [0.25, 0.3) is 10.2 Å². The van der Waals surface area contributed by atoms with Crippen molar-refractivity contribution in [3.8, 4) is 0 Å². The largest absolute Gasteiger partial charge is 0.317 e. The van der Waals surface area contributed by atoms with Gasteiger partial charge < -0.3 is 4.90 Å². The van der Waals surface area contributed by atoms with E-state index in [0.29, 0.717) is 0 Å². The van der Waals surface area contributed by atoms with Crippen molar-refractivity contribution < 1.29 is 0 Å². The number of thiophene rings is 1. The van der Waals surface area contributed by atoms with E-state index in [1.165, 1.54) is 28.7 Å². The molecule has 5 rings (SSSR count). The van der Waals surface area contributed by atoms with E-state index in [0.717, 1.165) is 34.9 Å². The van der Waals surface area contributed by atoms with Gasteiger partial charge in [-0.25, -0.2) is 9.97 Å². The summed E-state index contributed by atoms with van der Waals surface area (Å²) in [6.07, 6.45) is 8.37. The van der Waals surface area contributed by atoms with Crippen LogP contribution in [0.15, 0.2) is 61.1 Å². The molecule has 140 valence electrons. The SMILES string of the molecule is CC(c1ccccn1)N(c1ccccc1)c1ncnc2sc3c(c12)CCCC3. The third-order valence-electron chi connectivity index (χ3n) is 5.50. The van der Waals surface area contributed by atoms with Crippen molar-refractivity contribution in [1.82, 2.24) is 15.0 Å². The predicted octanol–water partition coefficient (Wildman–Crippen LogP) is 5.86. The molecule has 0 N–H and O–H groups in total. The molecule has 0 saturated carbocycles. The average molecular weight is 387 g/mol. The van der Waals surface area contributed by atoms with Crippen LogP contribution in [-0.2, 0) is 12.8 Å². The summed E-state index contributed by atoms with van der Waals surface area (Å²) in [5, 5.41) is 1.23. The van der Waals surface area contributed by atoms with E-state index in [9.17, 15) is 0 Å². The van der Waals surface area contributed by atoms with E-state index >= 15 is 0 Å². The third-order valence-corrected chi connectivity index (χ3v) is 6.70. The molecule has 4 nitrogen and oxygen atoms in total. The number of hydrogen-bond acceptors (Lipinski definition) is 5. The molecule has 0 amide bonds. The number of anilines is 2. The fraction of sp³-hybridized carbons (Fsp3) is 0.261.